The van der Waals surface area contributed by atoms with E-state index in [0.29, 0.717) is 0 Å². The van der Waals surface area contributed by atoms with Crippen LogP contribution in [0.5, 0.6) is 0 Å². The molecule has 12 heavy (non-hydrogen) atoms. The zero-order chi connectivity index (χ0) is 8.97. The Kier molecular flexibility index (Phi) is 3.53. The average molecular weight is 172 g/mol. The van der Waals surface area contributed by atoms with E-state index in [1.54, 1.807) is 0 Å². The lowest BCUT2D eigenvalue weighted by molar-refractivity contribution is -0.152. The third-order valence-corrected chi connectivity index (χ3v) is 2.24. The molecule has 3 heteroatoms. The molecule has 1 fully saturated rings. The van der Waals surface area contributed by atoms with Crippen molar-refractivity contribution in [2.24, 2.45) is 0 Å². The number of aliphatic hydroxyl groups excluding tert-OH is 1. The van der Waals surface area contributed by atoms with E-state index in [9.17, 15) is 9.90 Å². The van der Waals surface area contributed by atoms with Gasteiger partial charge < -0.3 is 9.84 Å². The second-order valence-electron chi connectivity index (χ2n) is 3.35. The molecular weight excluding hydrogens is 156 g/mol. The number of ether oxygens (including phenoxy) is 1. The van der Waals surface area contributed by atoms with E-state index in [4.69, 9.17) is 4.74 Å². The van der Waals surface area contributed by atoms with E-state index in [0.717, 1.165) is 32.1 Å². The molecule has 0 aromatic carbocycles. The molecule has 0 unspecified atom stereocenters. The van der Waals surface area contributed by atoms with Crippen LogP contribution in [-0.4, -0.2) is 23.3 Å². The molecule has 0 saturated heterocycles. The van der Waals surface area contributed by atoms with Gasteiger partial charge in [-0.15, -0.1) is 0 Å². The van der Waals surface area contributed by atoms with Crippen molar-refractivity contribution in [2.45, 2.75) is 51.2 Å². The van der Waals surface area contributed by atoms with Gasteiger partial charge in [-0.3, -0.25) is 4.79 Å². The molecule has 1 aliphatic rings. The fourth-order valence-electron chi connectivity index (χ4n) is 1.60. The van der Waals surface area contributed by atoms with Gasteiger partial charge in [-0.1, -0.05) is 12.8 Å². The number of aliphatic hydroxyl groups is 1. The molecular formula is C9H16O3. The van der Waals surface area contributed by atoms with Gasteiger partial charge >= 0.3 is 5.97 Å². The summed E-state index contributed by atoms with van der Waals surface area (Å²) in [6.45, 7) is 1.39. The smallest absolute Gasteiger partial charge is 0.302 e. The first-order valence-electron chi connectivity index (χ1n) is 4.55. The van der Waals surface area contributed by atoms with Gasteiger partial charge in [-0.25, -0.2) is 0 Å². The normalized spacial score (nSPS) is 30.8. The first kappa shape index (κ1) is 9.52. The number of carbonyl (C=O) groups is 1. The first-order chi connectivity index (χ1) is 5.70. The fraction of sp³-hybridized carbons (Fsp3) is 0.889. The van der Waals surface area contributed by atoms with Crippen LogP contribution >= 0.6 is 0 Å². The molecule has 0 aromatic heterocycles. The number of carbonyl (C=O) groups excluding carboxylic acids is 1. The summed E-state index contributed by atoms with van der Waals surface area (Å²) in [6.07, 6.45) is 4.09. The Morgan fingerprint density at radius 3 is 2.67 bits per heavy atom. The summed E-state index contributed by atoms with van der Waals surface area (Å²) in [5.41, 5.74) is 0. The number of rotatable bonds is 1. The van der Waals surface area contributed by atoms with Crippen LogP contribution in [-0.2, 0) is 9.53 Å². The van der Waals surface area contributed by atoms with Crippen molar-refractivity contribution in [3.63, 3.8) is 0 Å². The quantitative estimate of drug-likeness (QED) is 0.478. The van der Waals surface area contributed by atoms with E-state index < -0.39 is 6.10 Å². The minimum absolute atomic E-state index is 0.259. The van der Waals surface area contributed by atoms with Crippen molar-refractivity contribution in [1.29, 1.82) is 0 Å². The van der Waals surface area contributed by atoms with Crippen LogP contribution in [0.15, 0.2) is 0 Å². The summed E-state index contributed by atoms with van der Waals surface area (Å²) in [4.78, 5) is 10.6. The summed E-state index contributed by atoms with van der Waals surface area (Å²) in [7, 11) is 0. The summed E-state index contributed by atoms with van der Waals surface area (Å²) in [6, 6.07) is 0. The van der Waals surface area contributed by atoms with E-state index in [1.165, 1.54) is 6.92 Å². The maximum absolute atomic E-state index is 10.6. The SMILES string of the molecule is CC(=O)O[C@H]1CCCCC[C@H]1O. The monoisotopic (exact) mass is 172 g/mol. The minimum atomic E-state index is -0.448. The van der Waals surface area contributed by atoms with Crippen LogP contribution in [0.3, 0.4) is 0 Å². The second kappa shape index (κ2) is 4.45. The Morgan fingerprint density at radius 2 is 2.00 bits per heavy atom. The van der Waals surface area contributed by atoms with Crippen molar-refractivity contribution >= 4 is 5.97 Å². The highest BCUT2D eigenvalue weighted by atomic mass is 16.6. The van der Waals surface area contributed by atoms with Gasteiger partial charge in [0, 0.05) is 6.92 Å². The molecule has 1 saturated carbocycles. The zero-order valence-corrected chi connectivity index (χ0v) is 7.45. The average Bonchev–Trinajstić information content (AvgIpc) is 2.16. The highest BCUT2D eigenvalue weighted by Crippen LogP contribution is 2.20. The lowest BCUT2D eigenvalue weighted by Crippen LogP contribution is -2.29. The van der Waals surface area contributed by atoms with Gasteiger partial charge in [0.15, 0.2) is 0 Å². The van der Waals surface area contributed by atoms with E-state index in [-0.39, 0.29) is 12.1 Å². The Balaban J connectivity index is 2.41. The molecule has 0 aliphatic heterocycles. The van der Waals surface area contributed by atoms with Gasteiger partial charge in [0.25, 0.3) is 0 Å². The summed E-state index contributed by atoms with van der Waals surface area (Å²) < 4.78 is 4.99. The maximum atomic E-state index is 10.6. The van der Waals surface area contributed by atoms with E-state index in [2.05, 4.69) is 0 Å². The summed E-state index contributed by atoms with van der Waals surface area (Å²) >= 11 is 0. The molecule has 0 amide bonds. The minimum Gasteiger partial charge on any atom is -0.460 e. The molecule has 1 N–H and O–H groups in total. The summed E-state index contributed by atoms with van der Waals surface area (Å²) in [5, 5.41) is 9.52. The maximum Gasteiger partial charge on any atom is 0.302 e. The van der Waals surface area contributed by atoms with Crippen molar-refractivity contribution in [3.8, 4) is 0 Å². The number of esters is 1. The summed E-state index contributed by atoms with van der Waals surface area (Å²) in [5.74, 6) is -0.291. The molecule has 1 aliphatic carbocycles. The molecule has 1 rings (SSSR count). The van der Waals surface area contributed by atoms with Crippen LogP contribution in [0, 0.1) is 0 Å². The molecule has 0 heterocycles. The zero-order valence-electron chi connectivity index (χ0n) is 7.45. The van der Waals surface area contributed by atoms with Crippen molar-refractivity contribution in [3.05, 3.63) is 0 Å². The fourth-order valence-corrected chi connectivity index (χ4v) is 1.60. The third-order valence-electron chi connectivity index (χ3n) is 2.24. The van der Waals surface area contributed by atoms with Gasteiger partial charge in [0.1, 0.15) is 6.10 Å². The Bertz CT molecular complexity index is 156. The Labute approximate surface area is 72.7 Å². The van der Waals surface area contributed by atoms with Crippen molar-refractivity contribution in [2.75, 3.05) is 0 Å². The van der Waals surface area contributed by atoms with Crippen LogP contribution in [0.4, 0.5) is 0 Å². The van der Waals surface area contributed by atoms with Crippen molar-refractivity contribution in [1.82, 2.24) is 0 Å². The predicted octanol–water partition coefficient (Wildman–Crippen LogP) is 1.24. The largest absolute Gasteiger partial charge is 0.460 e. The van der Waals surface area contributed by atoms with Crippen LogP contribution < -0.4 is 0 Å². The van der Waals surface area contributed by atoms with E-state index in [1.807, 2.05) is 0 Å². The van der Waals surface area contributed by atoms with E-state index >= 15 is 0 Å². The van der Waals surface area contributed by atoms with Gasteiger partial charge in [-0.05, 0) is 19.3 Å². The molecule has 3 nitrogen and oxygen atoms in total. The van der Waals surface area contributed by atoms with Crippen molar-refractivity contribution < 1.29 is 14.6 Å². The molecule has 2 atom stereocenters. The highest BCUT2D eigenvalue weighted by Gasteiger charge is 2.23. The van der Waals surface area contributed by atoms with Crippen LogP contribution in [0.2, 0.25) is 0 Å². The lowest BCUT2D eigenvalue weighted by atomic mass is 10.1. The van der Waals surface area contributed by atoms with Gasteiger partial charge in [-0.2, -0.15) is 0 Å². The standard InChI is InChI=1S/C9H16O3/c1-7(10)12-9-6-4-2-3-5-8(9)11/h8-9,11H,2-6H2,1H3/t8-,9+/m1/s1. The third kappa shape index (κ3) is 2.81. The highest BCUT2D eigenvalue weighted by molar-refractivity contribution is 5.66. The Morgan fingerprint density at radius 1 is 1.33 bits per heavy atom. The molecule has 0 bridgehead atoms. The van der Waals surface area contributed by atoms with Crippen LogP contribution in [0.25, 0.3) is 0 Å². The molecule has 70 valence electrons. The lowest BCUT2D eigenvalue weighted by Gasteiger charge is -2.19. The first-order valence-corrected chi connectivity index (χ1v) is 4.55. The Hall–Kier alpha value is -0.570. The van der Waals surface area contributed by atoms with Crippen LogP contribution in [0.1, 0.15) is 39.0 Å². The topological polar surface area (TPSA) is 46.5 Å². The molecule has 0 radical (unpaired) electrons. The second-order valence-corrected chi connectivity index (χ2v) is 3.35. The van der Waals surface area contributed by atoms with Gasteiger partial charge in [0.05, 0.1) is 6.10 Å². The van der Waals surface area contributed by atoms with Gasteiger partial charge in [0.2, 0.25) is 0 Å². The number of hydrogen-bond donors (Lipinski definition) is 1. The molecule has 0 spiro atoms. The predicted molar refractivity (Wildman–Crippen MR) is 44.6 cm³/mol. The number of hydrogen-bond acceptors (Lipinski definition) is 3. The molecule has 0 aromatic rings.